The second-order valence-corrected chi connectivity index (χ2v) is 6.07. The van der Waals surface area contributed by atoms with Crippen LogP contribution >= 0.6 is 0 Å². The molecule has 0 bridgehead atoms. The molecule has 1 saturated heterocycles. The number of likely N-dealkylation sites (tertiary alicyclic amines) is 1. The van der Waals surface area contributed by atoms with Crippen LogP contribution in [0.3, 0.4) is 0 Å². The first-order valence-electron chi connectivity index (χ1n) is 7.03. The lowest BCUT2D eigenvalue weighted by atomic mass is 9.95. The summed E-state index contributed by atoms with van der Waals surface area (Å²) in [5, 5.41) is 9.30. The maximum Gasteiger partial charge on any atom is 0.329 e. The van der Waals surface area contributed by atoms with E-state index in [1.165, 1.54) is 4.90 Å². The minimum Gasteiger partial charge on any atom is -0.480 e. The van der Waals surface area contributed by atoms with Crippen molar-refractivity contribution in [3.05, 3.63) is 0 Å². The van der Waals surface area contributed by atoms with Crippen molar-refractivity contribution in [3.8, 4) is 0 Å². The Kier molecular flexibility index (Phi) is 4.82. The van der Waals surface area contributed by atoms with Crippen molar-refractivity contribution in [2.45, 2.75) is 59.0 Å². The highest BCUT2D eigenvalue weighted by Gasteiger charge is 2.40. The summed E-state index contributed by atoms with van der Waals surface area (Å²) >= 11 is 0. The van der Waals surface area contributed by atoms with Gasteiger partial charge in [0, 0.05) is 19.1 Å². The summed E-state index contributed by atoms with van der Waals surface area (Å²) in [5.74, 6) is -0.493. The van der Waals surface area contributed by atoms with Crippen molar-refractivity contribution in [1.82, 2.24) is 9.80 Å². The molecular formula is C14H26N2O3. The Morgan fingerprint density at radius 3 is 2.37 bits per heavy atom. The van der Waals surface area contributed by atoms with Crippen LogP contribution in [0.15, 0.2) is 0 Å². The van der Waals surface area contributed by atoms with Crippen molar-refractivity contribution in [1.29, 1.82) is 0 Å². The predicted octanol–water partition coefficient (Wildman–Crippen LogP) is 2.41. The number of piperidine rings is 1. The Labute approximate surface area is 115 Å². The smallest absolute Gasteiger partial charge is 0.329 e. The largest absolute Gasteiger partial charge is 0.480 e. The fourth-order valence-corrected chi connectivity index (χ4v) is 2.60. The van der Waals surface area contributed by atoms with Gasteiger partial charge in [-0.25, -0.2) is 9.59 Å². The number of carboxylic acids is 1. The number of amides is 2. The lowest BCUT2D eigenvalue weighted by molar-refractivity contribution is -0.148. The predicted molar refractivity (Wildman–Crippen MR) is 74.1 cm³/mol. The van der Waals surface area contributed by atoms with Crippen LogP contribution in [0, 0.1) is 5.92 Å². The molecule has 5 heteroatoms. The van der Waals surface area contributed by atoms with Gasteiger partial charge in [-0.3, -0.25) is 0 Å². The third-order valence-corrected chi connectivity index (χ3v) is 4.11. The topological polar surface area (TPSA) is 60.9 Å². The molecule has 0 aromatic rings. The molecule has 2 amide bonds. The zero-order valence-corrected chi connectivity index (χ0v) is 12.6. The van der Waals surface area contributed by atoms with Gasteiger partial charge in [-0.15, -0.1) is 0 Å². The van der Waals surface area contributed by atoms with Crippen molar-refractivity contribution in [2.24, 2.45) is 5.92 Å². The monoisotopic (exact) mass is 270 g/mol. The molecule has 5 nitrogen and oxygen atoms in total. The number of urea groups is 1. The molecular weight excluding hydrogens is 244 g/mol. The van der Waals surface area contributed by atoms with Crippen molar-refractivity contribution in [2.75, 3.05) is 13.1 Å². The van der Waals surface area contributed by atoms with E-state index >= 15 is 0 Å². The fraction of sp³-hybridized carbons (Fsp3) is 0.857. The van der Waals surface area contributed by atoms with E-state index in [4.69, 9.17) is 0 Å². The minimum absolute atomic E-state index is 0.158. The van der Waals surface area contributed by atoms with E-state index in [0.29, 0.717) is 19.0 Å². The summed E-state index contributed by atoms with van der Waals surface area (Å²) in [6, 6.07) is 0.0243. The normalized spacial score (nSPS) is 24.2. The zero-order valence-electron chi connectivity index (χ0n) is 12.6. The number of aliphatic carboxylic acids is 1. The Balaban J connectivity index is 2.92. The minimum atomic E-state index is -1.17. The molecule has 1 rings (SSSR count). The number of carboxylic acid groups (broad SMARTS) is 1. The summed E-state index contributed by atoms with van der Waals surface area (Å²) in [6.07, 6.45) is 2.11. The molecule has 19 heavy (non-hydrogen) atoms. The highest BCUT2D eigenvalue weighted by Crippen LogP contribution is 2.25. The Morgan fingerprint density at radius 1 is 1.32 bits per heavy atom. The van der Waals surface area contributed by atoms with Crippen molar-refractivity contribution < 1.29 is 14.7 Å². The first kappa shape index (κ1) is 15.8. The van der Waals surface area contributed by atoms with E-state index < -0.39 is 11.5 Å². The van der Waals surface area contributed by atoms with Gasteiger partial charge in [0.2, 0.25) is 0 Å². The number of hydrogen-bond acceptors (Lipinski definition) is 2. The van der Waals surface area contributed by atoms with Gasteiger partial charge in [-0.2, -0.15) is 0 Å². The maximum atomic E-state index is 12.6. The third-order valence-electron chi connectivity index (χ3n) is 4.11. The zero-order chi connectivity index (χ0) is 14.8. The van der Waals surface area contributed by atoms with Crippen LogP contribution in [0.4, 0.5) is 4.79 Å². The highest BCUT2D eigenvalue weighted by atomic mass is 16.4. The van der Waals surface area contributed by atoms with E-state index in [2.05, 4.69) is 6.92 Å². The molecule has 1 aliphatic rings. The van der Waals surface area contributed by atoms with Crippen molar-refractivity contribution >= 4 is 12.0 Å². The molecule has 1 N–H and O–H groups in total. The third kappa shape index (κ3) is 3.19. The summed E-state index contributed by atoms with van der Waals surface area (Å²) in [5.41, 5.74) is -1.17. The molecule has 0 aromatic heterocycles. The molecule has 110 valence electrons. The van der Waals surface area contributed by atoms with Crippen LogP contribution in [0.1, 0.15) is 47.5 Å². The standard InChI is InChI=1S/C14H26N2O3/c1-6-16(14(4,5)12(17)18)13(19)15-9-10(2)7-8-11(15)3/h10-11H,6-9H2,1-5H3,(H,17,18). The van der Waals surface area contributed by atoms with E-state index in [1.807, 2.05) is 18.7 Å². The van der Waals surface area contributed by atoms with Gasteiger partial charge in [0.25, 0.3) is 0 Å². The van der Waals surface area contributed by atoms with E-state index in [9.17, 15) is 14.7 Å². The van der Waals surface area contributed by atoms with Crippen LogP contribution < -0.4 is 0 Å². The lowest BCUT2D eigenvalue weighted by Crippen LogP contribution is -2.59. The Hall–Kier alpha value is -1.26. The van der Waals surface area contributed by atoms with Gasteiger partial charge in [-0.05, 0) is 46.5 Å². The number of carbonyl (C=O) groups is 2. The number of likely N-dealkylation sites (N-methyl/N-ethyl adjacent to an activating group) is 1. The molecule has 1 fully saturated rings. The molecule has 0 spiro atoms. The van der Waals surface area contributed by atoms with Gasteiger partial charge < -0.3 is 14.9 Å². The molecule has 2 atom stereocenters. The molecule has 0 aromatic carbocycles. The molecule has 2 unspecified atom stereocenters. The Morgan fingerprint density at radius 2 is 1.89 bits per heavy atom. The highest BCUT2D eigenvalue weighted by molar-refractivity contribution is 5.85. The number of hydrogen-bond donors (Lipinski definition) is 1. The molecule has 0 aliphatic carbocycles. The van der Waals surface area contributed by atoms with E-state index in [-0.39, 0.29) is 12.1 Å². The number of carbonyl (C=O) groups excluding carboxylic acids is 1. The van der Waals surface area contributed by atoms with Crippen LogP contribution in [0.25, 0.3) is 0 Å². The van der Waals surface area contributed by atoms with Crippen LogP contribution in [0.5, 0.6) is 0 Å². The quantitative estimate of drug-likeness (QED) is 0.856. The lowest BCUT2D eigenvalue weighted by Gasteiger charge is -2.43. The fourth-order valence-electron chi connectivity index (χ4n) is 2.60. The van der Waals surface area contributed by atoms with Gasteiger partial charge >= 0.3 is 12.0 Å². The number of nitrogens with zero attached hydrogens (tertiary/aromatic N) is 2. The summed E-state index contributed by atoms with van der Waals surface area (Å²) < 4.78 is 0. The second-order valence-electron chi connectivity index (χ2n) is 6.07. The van der Waals surface area contributed by atoms with Crippen molar-refractivity contribution in [3.63, 3.8) is 0 Å². The molecule has 0 saturated carbocycles. The first-order valence-corrected chi connectivity index (χ1v) is 7.03. The summed E-state index contributed by atoms with van der Waals surface area (Å²) in [4.78, 5) is 27.2. The van der Waals surface area contributed by atoms with Gasteiger partial charge in [0.15, 0.2) is 0 Å². The van der Waals surface area contributed by atoms with Gasteiger partial charge in [0.1, 0.15) is 5.54 Å². The summed E-state index contributed by atoms with van der Waals surface area (Å²) in [7, 11) is 0. The molecule has 1 aliphatic heterocycles. The first-order chi connectivity index (χ1) is 8.71. The van der Waals surface area contributed by atoms with E-state index in [0.717, 1.165) is 12.8 Å². The summed E-state index contributed by atoms with van der Waals surface area (Å²) in [6.45, 7) is 10.3. The van der Waals surface area contributed by atoms with Crippen LogP contribution in [-0.2, 0) is 4.79 Å². The molecule has 1 heterocycles. The van der Waals surface area contributed by atoms with Crippen LogP contribution in [0.2, 0.25) is 0 Å². The second kappa shape index (κ2) is 5.80. The maximum absolute atomic E-state index is 12.6. The van der Waals surface area contributed by atoms with Gasteiger partial charge in [0.05, 0.1) is 0 Å². The average molecular weight is 270 g/mol. The molecule has 0 radical (unpaired) electrons. The van der Waals surface area contributed by atoms with Gasteiger partial charge in [-0.1, -0.05) is 6.92 Å². The SMILES string of the molecule is CCN(C(=O)N1CC(C)CCC1C)C(C)(C)C(=O)O. The Bertz CT molecular complexity index is 355. The van der Waals surface area contributed by atoms with E-state index in [1.54, 1.807) is 13.8 Å². The number of rotatable bonds is 3. The average Bonchev–Trinajstić information content (AvgIpc) is 2.32. The van der Waals surface area contributed by atoms with Crippen LogP contribution in [-0.4, -0.2) is 51.6 Å².